The summed E-state index contributed by atoms with van der Waals surface area (Å²) in [5.74, 6) is 0.249. The molecule has 31 heavy (non-hydrogen) atoms. The minimum Gasteiger partial charge on any atom is -0.324 e. The molecule has 1 unspecified atom stereocenters. The number of amides is 1. The molecule has 0 saturated heterocycles. The highest BCUT2D eigenvalue weighted by molar-refractivity contribution is 6.14. The second kappa shape index (κ2) is 5.82. The smallest absolute Gasteiger partial charge is 0.324 e. The van der Waals surface area contributed by atoms with Crippen molar-refractivity contribution in [2.45, 2.75) is 5.41 Å². The van der Waals surface area contributed by atoms with Crippen LogP contribution >= 0.6 is 0 Å². The molecule has 9 heteroatoms. The molecule has 0 aliphatic carbocycles. The van der Waals surface area contributed by atoms with Crippen LogP contribution < -0.4 is 21.9 Å². The molecular weight excluding hydrogens is 396 g/mol. The average Bonchev–Trinajstić information content (AvgIpc) is 3.32. The van der Waals surface area contributed by atoms with Crippen molar-refractivity contribution in [2.24, 2.45) is 7.05 Å². The van der Waals surface area contributed by atoms with Crippen molar-refractivity contribution in [3.63, 3.8) is 0 Å². The largest absolute Gasteiger partial charge is 0.329 e. The molecule has 0 saturated carbocycles. The van der Waals surface area contributed by atoms with Gasteiger partial charge in [0.2, 0.25) is 5.91 Å². The van der Waals surface area contributed by atoms with Crippen LogP contribution in [0.3, 0.4) is 0 Å². The molecule has 1 atom stereocenters. The molecule has 1 spiro atoms. The van der Waals surface area contributed by atoms with E-state index in [0.29, 0.717) is 28.3 Å². The highest BCUT2D eigenvalue weighted by Crippen LogP contribution is 2.55. The van der Waals surface area contributed by atoms with Crippen LogP contribution in [0, 0.1) is 0 Å². The molecule has 6 rings (SSSR count). The molecule has 1 amide bonds. The zero-order valence-electron chi connectivity index (χ0n) is 16.3. The van der Waals surface area contributed by atoms with Crippen molar-refractivity contribution in [1.29, 1.82) is 0 Å². The van der Waals surface area contributed by atoms with E-state index in [0.717, 1.165) is 5.56 Å². The van der Waals surface area contributed by atoms with Crippen molar-refractivity contribution in [3.8, 4) is 11.3 Å². The van der Waals surface area contributed by atoms with Gasteiger partial charge < -0.3 is 10.6 Å². The van der Waals surface area contributed by atoms with Crippen molar-refractivity contribution in [1.82, 2.24) is 19.7 Å². The number of aromatic amines is 2. The predicted molar refractivity (Wildman–Crippen MR) is 115 cm³/mol. The number of carbonyl (C=O) groups excluding carboxylic acids is 1. The number of rotatable bonds is 1. The summed E-state index contributed by atoms with van der Waals surface area (Å²) in [4.78, 5) is 41.6. The molecule has 2 aromatic heterocycles. The first-order valence-electron chi connectivity index (χ1n) is 9.69. The third-order valence-electron chi connectivity index (χ3n) is 6.06. The van der Waals surface area contributed by atoms with Crippen molar-refractivity contribution in [2.75, 3.05) is 10.6 Å². The lowest BCUT2D eigenvalue weighted by molar-refractivity contribution is -0.118. The maximum Gasteiger partial charge on any atom is 0.329 e. The molecule has 0 radical (unpaired) electrons. The zero-order chi connectivity index (χ0) is 21.3. The Hall–Kier alpha value is -4.40. The Bertz CT molecular complexity index is 1510. The molecule has 0 fully saturated rings. The maximum atomic E-state index is 13.7. The molecule has 9 nitrogen and oxygen atoms in total. The van der Waals surface area contributed by atoms with Crippen LogP contribution in [0.25, 0.3) is 11.3 Å². The van der Waals surface area contributed by atoms with Gasteiger partial charge in [0.15, 0.2) is 5.82 Å². The van der Waals surface area contributed by atoms with Gasteiger partial charge in [-0.15, -0.1) is 0 Å². The molecule has 0 bridgehead atoms. The fraction of sp³-hybridized carbons (Fsp3) is 0.0909. The summed E-state index contributed by atoms with van der Waals surface area (Å²) in [6.45, 7) is 0. The van der Waals surface area contributed by atoms with Crippen LogP contribution in [-0.4, -0.2) is 25.7 Å². The highest BCUT2D eigenvalue weighted by atomic mass is 16.2. The summed E-state index contributed by atoms with van der Waals surface area (Å²) in [6, 6.07) is 16.7. The number of para-hydroxylation sites is 1. The standard InChI is InChI=1S/C22H16N6O3/c1-28-18-15(19(29)25-21(28)31)22(12-9-5-6-10-13(12)23-20(22)30)14-16(26-27-17(14)24-18)11-7-3-2-4-8-11/h2-10H,1H3,(H,23,30)(H2,24,26,27)(H,25,29,31). The van der Waals surface area contributed by atoms with Crippen LogP contribution in [0.15, 0.2) is 64.2 Å². The first-order chi connectivity index (χ1) is 15.0. The van der Waals surface area contributed by atoms with Gasteiger partial charge in [0.1, 0.15) is 11.2 Å². The van der Waals surface area contributed by atoms with E-state index in [-0.39, 0.29) is 17.3 Å². The number of nitrogens with zero attached hydrogens (tertiary/aromatic N) is 2. The lowest BCUT2D eigenvalue weighted by Gasteiger charge is -2.34. The normalized spacial score (nSPS) is 18.2. The fourth-order valence-corrected chi connectivity index (χ4v) is 4.72. The molecule has 4 heterocycles. The number of carbonyl (C=O) groups is 1. The van der Waals surface area contributed by atoms with Crippen LogP contribution in [0.2, 0.25) is 0 Å². The molecule has 152 valence electrons. The first kappa shape index (κ1) is 17.5. The Balaban J connectivity index is 1.82. The summed E-state index contributed by atoms with van der Waals surface area (Å²) in [7, 11) is 1.53. The van der Waals surface area contributed by atoms with Gasteiger partial charge in [-0.1, -0.05) is 48.5 Å². The van der Waals surface area contributed by atoms with Gasteiger partial charge in [-0.2, -0.15) is 5.10 Å². The van der Waals surface area contributed by atoms with Crippen LogP contribution in [0.5, 0.6) is 0 Å². The first-order valence-corrected chi connectivity index (χ1v) is 9.69. The van der Waals surface area contributed by atoms with Crippen LogP contribution in [0.1, 0.15) is 16.7 Å². The summed E-state index contributed by atoms with van der Waals surface area (Å²) < 4.78 is 1.28. The third-order valence-corrected chi connectivity index (χ3v) is 6.06. The van der Waals surface area contributed by atoms with Gasteiger partial charge in [-0.05, 0) is 11.6 Å². The van der Waals surface area contributed by atoms with E-state index in [4.69, 9.17) is 0 Å². The second-order valence-corrected chi connectivity index (χ2v) is 7.60. The Morgan fingerprint density at radius 1 is 0.903 bits per heavy atom. The minimum absolute atomic E-state index is 0.156. The Morgan fingerprint density at radius 3 is 2.45 bits per heavy atom. The Morgan fingerprint density at radius 2 is 1.65 bits per heavy atom. The van der Waals surface area contributed by atoms with Crippen molar-refractivity contribution < 1.29 is 4.79 Å². The van der Waals surface area contributed by atoms with E-state index in [1.54, 1.807) is 6.07 Å². The summed E-state index contributed by atoms with van der Waals surface area (Å²) in [6.07, 6.45) is 0. The fourth-order valence-electron chi connectivity index (χ4n) is 4.72. The number of hydrogen-bond donors (Lipinski definition) is 4. The predicted octanol–water partition coefficient (Wildman–Crippen LogP) is 1.81. The highest BCUT2D eigenvalue weighted by Gasteiger charge is 2.58. The van der Waals surface area contributed by atoms with Gasteiger partial charge in [-0.25, -0.2) is 4.79 Å². The Kier molecular flexibility index (Phi) is 3.28. The van der Waals surface area contributed by atoms with E-state index in [1.165, 1.54) is 11.6 Å². The quantitative estimate of drug-likeness (QED) is 0.380. The number of nitrogens with one attached hydrogen (secondary N) is 4. The Labute approximate surface area is 174 Å². The van der Waals surface area contributed by atoms with Crippen LogP contribution in [-0.2, 0) is 17.3 Å². The van der Waals surface area contributed by atoms with Gasteiger partial charge in [0.05, 0.1) is 11.3 Å². The number of anilines is 3. The number of H-pyrrole nitrogens is 2. The lowest BCUT2D eigenvalue weighted by atomic mass is 9.68. The van der Waals surface area contributed by atoms with Crippen molar-refractivity contribution in [3.05, 3.63) is 92.1 Å². The maximum absolute atomic E-state index is 13.7. The van der Waals surface area contributed by atoms with Crippen LogP contribution in [0.4, 0.5) is 17.3 Å². The van der Waals surface area contributed by atoms with E-state index in [1.807, 2.05) is 48.5 Å². The summed E-state index contributed by atoms with van der Waals surface area (Å²) in [5, 5.41) is 13.5. The molecular formula is C22H16N6O3. The monoisotopic (exact) mass is 412 g/mol. The number of benzene rings is 2. The van der Waals surface area contributed by atoms with E-state index in [9.17, 15) is 14.4 Å². The lowest BCUT2D eigenvalue weighted by Crippen LogP contribution is -2.48. The second-order valence-electron chi connectivity index (χ2n) is 7.60. The van der Waals surface area contributed by atoms with E-state index < -0.39 is 16.7 Å². The topological polar surface area (TPSA) is 125 Å². The average molecular weight is 412 g/mol. The zero-order valence-corrected chi connectivity index (χ0v) is 16.3. The van der Waals surface area contributed by atoms with Crippen molar-refractivity contribution >= 4 is 23.2 Å². The minimum atomic E-state index is -1.48. The number of fused-ring (bicyclic) bond motifs is 6. The van der Waals surface area contributed by atoms with E-state index >= 15 is 0 Å². The summed E-state index contributed by atoms with van der Waals surface area (Å²) >= 11 is 0. The summed E-state index contributed by atoms with van der Waals surface area (Å²) in [5.41, 5.74) is 0.688. The van der Waals surface area contributed by atoms with Gasteiger partial charge in [0, 0.05) is 23.9 Å². The molecule has 4 aromatic rings. The van der Waals surface area contributed by atoms with Gasteiger partial charge in [0.25, 0.3) is 5.56 Å². The number of hydrogen-bond acceptors (Lipinski definition) is 5. The molecule has 2 aliphatic rings. The molecule has 4 N–H and O–H groups in total. The SMILES string of the molecule is Cn1c2c(c(=O)[nH]c1=O)C1(C(=O)Nc3ccccc31)c1c(n[nH]c1-c1ccccc1)N2. The van der Waals surface area contributed by atoms with E-state index in [2.05, 4.69) is 25.8 Å². The third kappa shape index (κ3) is 2.04. The van der Waals surface area contributed by atoms with Gasteiger partial charge >= 0.3 is 5.69 Å². The molecule has 2 aromatic carbocycles. The number of aromatic nitrogens is 4. The van der Waals surface area contributed by atoms with Gasteiger partial charge in [-0.3, -0.25) is 24.2 Å². The molecule has 2 aliphatic heterocycles.